The summed E-state index contributed by atoms with van der Waals surface area (Å²) in [5.74, 6) is 2.97. The Balaban J connectivity index is 2.37. The summed E-state index contributed by atoms with van der Waals surface area (Å²) in [5, 5.41) is 3.45. The van der Waals surface area contributed by atoms with Crippen molar-refractivity contribution in [2.24, 2.45) is 0 Å². The highest BCUT2D eigenvalue weighted by Crippen LogP contribution is 2.15. The van der Waals surface area contributed by atoms with Crippen molar-refractivity contribution in [2.45, 2.75) is 25.8 Å². The molecular weight excluding hydrogens is 250 g/mol. The lowest BCUT2D eigenvalue weighted by Crippen LogP contribution is -2.37. The largest absolute Gasteiger partial charge is 0.484 e. The topological polar surface area (TPSA) is 38.3 Å². The molecule has 96 valence electrons. The highest BCUT2D eigenvalue weighted by atomic mass is 35.5. The number of rotatable bonds is 6. The molecule has 4 heteroatoms. The molecule has 1 aromatic rings. The molecule has 0 saturated heterocycles. The lowest BCUT2D eigenvalue weighted by Gasteiger charge is -2.14. The van der Waals surface area contributed by atoms with Gasteiger partial charge in [0.1, 0.15) is 5.75 Å². The monoisotopic (exact) mass is 265 g/mol. The zero-order valence-electron chi connectivity index (χ0n) is 10.3. The van der Waals surface area contributed by atoms with Crippen molar-refractivity contribution in [3.63, 3.8) is 0 Å². The normalized spacial score (nSPS) is 11.4. The van der Waals surface area contributed by atoms with E-state index in [0.717, 1.165) is 6.42 Å². The molecule has 0 bridgehead atoms. The summed E-state index contributed by atoms with van der Waals surface area (Å²) in [4.78, 5) is 11.6. The van der Waals surface area contributed by atoms with Crippen LogP contribution < -0.4 is 10.1 Å². The number of halogens is 1. The third-order valence-corrected chi connectivity index (χ3v) is 2.66. The van der Waals surface area contributed by atoms with Gasteiger partial charge in [-0.1, -0.05) is 18.5 Å². The van der Waals surface area contributed by atoms with E-state index < -0.39 is 0 Å². The van der Waals surface area contributed by atoms with Crippen LogP contribution >= 0.6 is 11.6 Å². The second-order valence-corrected chi connectivity index (χ2v) is 4.26. The van der Waals surface area contributed by atoms with E-state index in [2.05, 4.69) is 11.2 Å². The van der Waals surface area contributed by atoms with Crippen LogP contribution in [0.1, 0.15) is 19.8 Å². The number of amides is 1. The number of ether oxygens (including phenoxy) is 1. The highest BCUT2D eigenvalue weighted by Gasteiger charge is 2.09. The molecule has 0 aliphatic carbocycles. The minimum atomic E-state index is -0.174. The van der Waals surface area contributed by atoms with Gasteiger partial charge in [-0.3, -0.25) is 4.79 Å². The number of benzene rings is 1. The first kappa shape index (κ1) is 14.4. The van der Waals surface area contributed by atoms with E-state index in [1.807, 2.05) is 6.92 Å². The van der Waals surface area contributed by atoms with Gasteiger partial charge in [0.15, 0.2) is 6.61 Å². The van der Waals surface area contributed by atoms with Crippen molar-refractivity contribution in [1.29, 1.82) is 0 Å². The molecule has 1 N–H and O–H groups in total. The van der Waals surface area contributed by atoms with E-state index in [0.29, 0.717) is 17.2 Å². The van der Waals surface area contributed by atoms with Crippen LogP contribution in [0.3, 0.4) is 0 Å². The van der Waals surface area contributed by atoms with E-state index in [1.54, 1.807) is 24.3 Å². The maximum absolute atomic E-state index is 11.6. The van der Waals surface area contributed by atoms with E-state index in [9.17, 15) is 4.79 Å². The second-order valence-electron chi connectivity index (χ2n) is 3.82. The molecular formula is C14H16ClNO2. The SMILES string of the molecule is C#CCC(CC)NC(=O)COc1ccc(Cl)cc1. The van der Waals surface area contributed by atoms with Gasteiger partial charge in [0.25, 0.3) is 5.91 Å². The number of carbonyl (C=O) groups is 1. The Kier molecular flexibility index (Phi) is 6.10. The minimum Gasteiger partial charge on any atom is -0.484 e. The Bertz CT molecular complexity index is 422. The predicted octanol–water partition coefficient (Wildman–Crippen LogP) is 2.64. The van der Waals surface area contributed by atoms with Gasteiger partial charge in [0.2, 0.25) is 0 Å². The van der Waals surface area contributed by atoms with Crippen LogP contribution in [0.5, 0.6) is 5.75 Å². The summed E-state index contributed by atoms with van der Waals surface area (Å²) in [5.41, 5.74) is 0. The standard InChI is InChI=1S/C14H16ClNO2/c1-3-5-12(4-2)16-14(17)10-18-13-8-6-11(15)7-9-13/h1,6-9,12H,4-5,10H2,2H3,(H,16,17). The van der Waals surface area contributed by atoms with Crippen molar-refractivity contribution in [3.05, 3.63) is 29.3 Å². The van der Waals surface area contributed by atoms with E-state index >= 15 is 0 Å². The molecule has 0 aromatic heterocycles. The molecule has 18 heavy (non-hydrogen) atoms. The first-order valence-corrected chi connectivity index (χ1v) is 6.14. The number of nitrogens with one attached hydrogen (secondary N) is 1. The van der Waals surface area contributed by atoms with E-state index in [1.165, 1.54) is 0 Å². The fourth-order valence-corrected chi connectivity index (χ4v) is 1.51. The third-order valence-electron chi connectivity index (χ3n) is 2.41. The average Bonchev–Trinajstić information content (AvgIpc) is 2.37. The Labute approximate surface area is 112 Å². The van der Waals surface area contributed by atoms with Crippen LogP contribution in [0.15, 0.2) is 24.3 Å². The first-order chi connectivity index (χ1) is 8.65. The quantitative estimate of drug-likeness (QED) is 0.803. The molecule has 1 atom stereocenters. The second kappa shape index (κ2) is 7.62. The van der Waals surface area contributed by atoms with Crippen LogP contribution in [0.2, 0.25) is 5.02 Å². The van der Waals surface area contributed by atoms with Gasteiger partial charge < -0.3 is 10.1 Å². The summed E-state index contributed by atoms with van der Waals surface area (Å²) in [6, 6.07) is 6.86. The fourth-order valence-electron chi connectivity index (χ4n) is 1.39. The highest BCUT2D eigenvalue weighted by molar-refractivity contribution is 6.30. The zero-order chi connectivity index (χ0) is 13.4. The van der Waals surface area contributed by atoms with Crippen LogP contribution in [-0.2, 0) is 4.79 Å². The van der Waals surface area contributed by atoms with Gasteiger partial charge in [0.05, 0.1) is 0 Å². The molecule has 1 aromatic carbocycles. The first-order valence-electron chi connectivity index (χ1n) is 5.77. The maximum atomic E-state index is 11.6. The lowest BCUT2D eigenvalue weighted by atomic mass is 10.1. The van der Waals surface area contributed by atoms with Crippen LogP contribution in [0.25, 0.3) is 0 Å². The van der Waals surface area contributed by atoms with Crippen molar-refractivity contribution in [1.82, 2.24) is 5.32 Å². The van der Waals surface area contributed by atoms with Gasteiger partial charge in [-0.15, -0.1) is 12.3 Å². The Morgan fingerprint density at radius 3 is 2.72 bits per heavy atom. The van der Waals surface area contributed by atoms with E-state index in [-0.39, 0.29) is 18.6 Å². The van der Waals surface area contributed by atoms with Crippen LogP contribution in [-0.4, -0.2) is 18.6 Å². The van der Waals surface area contributed by atoms with Crippen molar-refractivity contribution in [3.8, 4) is 18.1 Å². The molecule has 1 unspecified atom stereocenters. The van der Waals surface area contributed by atoms with Crippen LogP contribution in [0, 0.1) is 12.3 Å². The van der Waals surface area contributed by atoms with E-state index in [4.69, 9.17) is 22.8 Å². The lowest BCUT2D eigenvalue weighted by molar-refractivity contribution is -0.123. The molecule has 0 aliphatic heterocycles. The van der Waals surface area contributed by atoms with Gasteiger partial charge in [-0.25, -0.2) is 0 Å². The number of hydrogen-bond donors (Lipinski definition) is 1. The Morgan fingerprint density at radius 1 is 1.50 bits per heavy atom. The molecule has 1 rings (SSSR count). The summed E-state index contributed by atoms with van der Waals surface area (Å²) in [6.45, 7) is 1.95. The molecule has 0 aliphatic rings. The number of carbonyl (C=O) groups excluding carboxylic acids is 1. The molecule has 0 heterocycles. The molecule has 0 saturated carbocycles. The summed E-state index contributed by atoms with van der Waals surface area (Å²) >= 11 is 5.74. The van der Waals surface area contributed by atoms with Gasteiger partial charge in [-0.2, -0.15) is 0 Å². The number of terminal acetylenes is 1. The third kappa shape index (κ3) is 5.11. The van der Waals surface area contributed by atoms with Gasteiger partial charge in [-0.05, 0) is 30.7 Å². The molecule has 1 amide bonds. The van der Waals surface area contributed by atoms with Gasteiger partial charge >= 0.3 is 0 Å². The zero-order valence-corrected chi connectivity index (χ0v) is 11.0. The molecule has 3 nitrogen and oxygen atoms in total. The molecule has 0 radical (unpaired) electrons. The Hall–Kier alpha value is -1.66. The Morgan fingerprint density at radius 2 is 2.17 bits per heavy atom. The summed E-state index contributed by atoms with van der Waals surface area (Å²) in [7, 11) is 0. The predicted molar refractivity (Wildman–Crippen MR) is 72.6 cm³/mol. The van der Waals surface area contributed by atoms with Crippen molar-refractivity contribution >= 4 is 17.5 Å². The fraction of sp³-hybridized carbons (Fsp3) is 0.357. The minimum absolute atomic E-state index is 0.0105. The van der Waals surface area contributed by atoms with Crippen molar-refractivity contribution in [2.75, 3.05) is 6.61 Å². The van der Waals surface area contributed by atoms with Crippen molar-refractivity contribution < 1.29 is 9.53 Å². The molecule has 0 fully saturated rings. The average molecular weight is 266 g/mol. The smallest absolute Gasteiger partial charge is 0.258 e. The van der Waals surface area contributed by atoms with Gasteiger partial charge in [0, 0.05) is 17.5 Å². The summed E-state index contributed by atoms with van der Waals surface area (Å²) < 4.78 is 5.32. The molecule has 0 spiro atoms. The maximum Gasteiger partial charge on any atom is 0.258 e. The number of hydrogen-bond acceptors (Lipinski definition) is 2. The van der Waals surface area contributed by atoms with Crippen LogP contribution in [0.4, 0.5) is 0 Å². The summed E-state index contributed by atoms with van der Waals surface area (Å²) in [6.07, 6.45) is 6.55.